The summed E-state index contributed by atoms with van der Waals surface area (Å²) < 4.78 is 33.2. The van der Waals surface area contributed by atoms with Gasteiger partial charge in [0.15, 0.2) is 0 Å². The van der Waals surface area contributed by atoms with E-state index in [1.54, 1.807) is 47.3 Å². The molecular formula is C26H23F2N7O2. The number of fused-ring (bicyclic) bond motifs is 9. The largest absolute Gasteiger partial charge is 0.434 e. The van der Waals surface area contributed by atoms with Crippen LogP contribution in [0, 0.1) is 5.92 Å². The third kappa shape index (κ3) is 3.41. The first-order valence-corrected chi connectivity index (χ1v) is 12.2. The Morgan fingerprint density at radius 1 is 1.14 bits per heavy atom. The summed E-state index contributed by atoms with van der Waals surface area (Å²) in [5.41, 5.74) is 10.9. The number of aromatic nitrogens is 5. The van der Waals surface area contributed by atoms with Crippen molar-refractivity contribution in [2.24, 2.45) is 11.7 Å². The number of hydrogen-bond donors (Lipinski definition) is 1. The van der Waals surface area contributed by atoms with Crippen molar-refractivity contribution in [1.29, 1.82) is 0 Å². The van der Waals surface area contributed by atoms with Gasteiger partial charge in [-0.25, -0.2) is 19.5 Å². The van der Waals surface area contributed by atoms with Gasteiger partial charge in [-0.2, -0.15) is 13.9 Å². The van der Waals surface area contributed by atoms with E-state index in [0.29, 0.717) is 35.0 Å². The average molecular weight is 504 g/mol. The lowest BCUT2D eigenvalue weighted by Crippen LogP contribution is -2.30. The van der Waals surface area contributed by atoms with Crippen LogP contribution in [0.5, 0.6) is 5.75 Å². The van der Waals surface area contributed by atoms with Gasteiger partial charge >= 0.3 is 6.61 Å². The fourth-order valence-electron chi connectivity index (χ4n) is 5.74. The lowest BCUT2D eigenvalue weighted by molar-refractivity contribution is -0.0505. The molecule has 2 aliphatic carbocycles. The molecule has 1 aliphatic heterocycles. The van der Waals surface area contributed by atoms with E-state index in [0.717, 1.165) is 35.2 Å². The molecule has 37 heavy (non-hydrogen) atoms. The predicted octanol–water partition coefficient (Wildman–Crippen LogP) is 3.86. The van der Waals surface area contributed by atoms with E-state index < -0.39 is 6.61 Å². The summed E-state index contributed by atoms with van der Waals surface area (Å²) in [5.74, 6) is 0.494. The number of rotatable bonds is 5. The molecule has 9 nitrogen and oxygen atoms in total. The molecule has 1 amide bonds. The molecule has 0 spiro atoms. The number of carbonyl (C=O) groups excluding carboxylic acids is 1. The monoisotopic (exact) mass is 503 g/mol. The van der Waals surface area contributed by atoms with Crippen molar-refractivity contribution < 1.29 is 18.3 Å². The summed E-state index contributed by atoms with van der Waals surface area (Å²) in [5, 5.41) is 4.75. The topological polar surface area (TPSA) is 112 Å². The molecule has 3 aromatic heterocycles. The van der Waals surface area contributed by atoms with Crippen molar-refractivity contribution in [2.45, 2.75) is 43.9 Å². The maximum Gasteiger partial charge on any atom is 0.387 e. The molecule has 3 aliphatic rings. The van der Waals surface area contributed by atoms with Gasteiger partial charge in [0.1, 0.15) is 17.9 Å². The molecule has 1 saturated carbocycles. The summed E-state index contributed by atoms with van der Waals surface area (Å²) in [6.45, 7) is -3.00. The number of alkyl halides is 2. The van der Waals surface area contributed by atoms with Gasteiger partial charge in [-0.3, -0.25) is 4.79 Å². The quantitative estimate of drug-likeness (QED) is 0.440. The number of nitrogens with zero attached hydrogens (tertiary/aromatic N) is 6. The van der Waals surface area contributed by atoms with Crippen molar-refractivity contribution in [3.05, 3.63) is 71.2 Å². The molecule has 4 aromatic rings. The Kier molecular flexibility index (Phi) is 4.81. The van der Waals surface area contributed by atoms with Gasteiger partial charge in [0.2, 0.25) is 0 Å². The smallest absolute Gasteiger partial charge is 0.387 e. The van der Waals surface area contributed by atoms with Gasteiger partial charge in [-0.1, -0.05) is 6.07 Å². The minimum atomic E-state index is -3.00. The molecule has 11 heteroatoms. The zero-order chi connectivity index (χ0) is 25.4. The highest BCUT2D eigenvalue weighted by Gasteiger charge is 2.46. The van der Waals surface area contributed by atoms with Crippen LogP contribution in [0.15, 0.2) is 43.0 Å². The molecule has 7 rings (SSSR count). The first-order valence-electron chi connectivity index (χ1n) is 12.2. The minimum absolute atomic E-state index is 0.0115. The number of ether oxygens (including phenoxy) is 1. The van der Waals surface area contributed by atoms with Crippen molar-refractivity contribution in [1.82, 2.24) is 29.5 Å². The van der Waals surface area contributed by atoms with E-state index in [1.165, 1.54) is 6.07 Å². The highest BCUT2D eigenvalue weighted by Crippen LogP contribution is 2.53. The first kappa shape index (κ1) is 22.2. The third-order valence-corrected chi connectivity index (χ3v) is 7.76. The number of benzene rings is 1. The second-order valence-corrected chi connectivity index (χ2v) is 9.91. The fraction of sp³-hybridized carbons (Fsp3) is 0.346. The normalized spacial score (nSPS) is 21.2. The highest BCUT2D eigenvalue weighted by molar-refractivity contribution is 5.98. The number of halogens is 2. The van der Waals surface area contributed by atoms with Crippen LogP contribution in [0.4, 0.5) is 8.78 Å². The van der Waals surface area contributed by atoms with E-state index in [1.807, 2.05) is 6.07 Å². The second-order valence-electron chi connectivity index (χ2n) is 9.91. The average Bonchev–Trinajstić information content (AvgIpc) is 3.61. The SMILES string of the molecule is CN1C(=O)c2cccc(OC(F)F)c2C2CC1c1nn3cnc(-c4cnc(C(N)C5CC5)nc4)cc3c12. The molecule has 4 heterocycles. The molecule has 1 fully saturated rings. The number of nitrogens with two attached hydrogens (primary N) is 1. The van der Waals surface area contributed by atoms with Gasteiger partial charge < -0.3 is 15.4 Å². The molecule has 0 saturated heterocycles. The van der Waals surface area contributed by atoms with Crippen LogP contribution in [0.25, 0.3) is 16.8 Å². The van der Waals surface area contributed by atoms with Crippen LogP contribution < -0.4 is 10.5 Å². The highest BCUT2D eigenvalue weighted by atomic mass is 19.3. The lowest BCUT2D eigenvalue weighted by Gasteiger charge is -2.23. The predicted molar refractivity (Wildman–Crippen MR) is 128 cm³/mol. The van der Waals surface area contributed by atoms with Gasteiger partial charge in [-0.15, -0.1) is 0 Å². The Hall–Kier alpha value is -3.99. The van der Waals surface area contributed by atoms with Crippen LogP contribution in [-0.4, -0.2) is 49.0 Å². The van der Waals surface area contributed by atoms with Crippen LogP contribution in [0.3, 0.4) is 0 Å². The van der Waals surface area contributed by atoms with Gasteiger partial charge in [-0.05, 0) is 43.4 Å². The molecule has 188 valence electrons. The van der Waals surface area contributed by atoms with Gasteiger partial charge in [0.05, 0.1) is 29.0 Å². The zero-order valence-corrected chi connectivity index (χ0v) is 19.9. The molecule has 2 bridgehead atoms. The van der Waals surface area contributed by atoms with Crippen molar-refractivity contribution in [3.8, 4) is 17.0 Å². The molecule has 2 N–H and O–H groups in total. The molecule has 3 unspecified atom stereocenters. The fourth-order valence-corrected chi connectivity index (χ4v) is 5.74. The van der Waals surface area contributed by atoms with Crippen molar-refractivity contribution >= 4 is 11.4 Å². The van der Waals surface area contributed by atoms with Crippen molar-refractivity contribution in [2.75, 3.05) is 7.05 Å². The molecule has 1 aromatic carbocycles. The zero-order valence-electron chi connectivity index (χ0n) is 19.9. The summed E-state index contributed by atoms with van der Waals surface area (Å²) in [6, 6.07) is 6.17. The Bertz CT molecular complexity index is 1550. The molecule has 0 radical (unpaired) electrons. The van der Waals surface area contributed by atoms with Gasteiger partial charge in [0, 0.05) is 47.6 Å². The Balaban J connectivity index is 1.35. The summed E-state index contributed by atoms with van der Waals surface area (Å²) in [6.07, 6.45) is 7.80. The van der Waals surface area contributed by atoms with Crippen LogP contribution in [-0.2, 0) is 0 Å². The third-order valence-electron chi connectivity index (χ3n) is 7.76. The maximum atomic E-state index is 13.3. The molecule has 3 atom stereocenters. The van der Waals surface area contributed by atoms with Gasteiger partial charge in [0.25, 0.3) is 5.91 Å². The Morgan fingerprint density at radius 2 is 1.92 bits per heavy atom. The van der Waals surface area contributed by atoms with E-state index in [9.17, 15) is 13.6 Å². The Labute approximate surface area is 210 Å². The first-order chi connectivity index (χ1) is 17.9. The summed E-state index contributed by atoms with van der Waals surface area (Å²) in [7, 11) is 1.72. The van der Waals surface area contributed by atoms with E-state index >= 15 is 0 Å². The number of hydrogen-bond acceptors (Lipinski definition) is 7. The van der Waals surface area contributed by atoms with E-state index in [2.05, 4.69) is 15.0 Å². The van der Waals surface area contributed by atoms with Crippen molar-refractivity contribution in [3.63, 3.8) is 0 Å². The second kappa shape index (κ2) is 8.01. The van der Waals surface area contributed by atoms with Crippen LogP contribution in [0.2, 0.25) is 0 Å². The minimum Gasteiger partial charge on any atom is -0.434 e. The van der Waals surface area contributed by atoms with Crippen LogP contribution >= 0.6 is 0 Å². The number of amides is 1. The lowest BCUT2D eigenvalue weighted by atomic mass is 9.88. The number of carbonyl (C=O) groups is 1. The van der Waals surface area contributed by atoms with E-state index in [4.69, 9.17) is 15.6 Å². The summed E-state index contributed by atoms with van der Waals surface area (Å²) in [4.78, 5) is 28.4. The standard InChI is InChI=1S/C26H23F2N7O2/c1-34-18-7-15(20-14(25(34)36)3-2-4-19(20)37-26(27)28)21-17-8-16(32-11-35(17)33-23(18)21)13-9-30-24(31-10-13)22(29)12-5-6-12/h2-4,8-12,15,18,22,26H,5-7,29H2,1H3. The van der Waals surface area contributed by atoms with E-state index in [-0.39, 0.29) is 29.7 Å². The summed E-state index contributed by atoms with van der Waals surface area (Å²) >= 11 is 0. The maximum absolute atomic E-state index is 13.3. The molecular weight excluding hydrogens is 480 g/mol. The Morgan fingerprint density at radius 3 is 2.65 bits per heavy atom. The van der Waals surface area contributed by atoms with Crippen LogP contribution in [0.1, 0.15) is 70.3 Å².